The Morgan fingerprint density at radius 2 is 2.22 bits per heavy atom. The molecular weight excluding hydrogens is 230 g/mol. The van der Waals surface area contributed by atoms with E-state index in [0.29, 0.717) is 25.4 Å². The van der Waals surface area contributed by atoms with Crippen LogP contribution in [0.15, 0.2) is 12.3 Å². The zero-order chi connectivity index (χ0) is 13.5. The van der Waals surface area contributed by atoms with Crippen LogP contribution in [-0.2, 0) is 9.53 Å². The molecule has 1 aromatic rings. The van der Waals surface area contributed by atoms with Gasteiger partial charge in [0.1, 0.15) is 5.82 Å². The van der Waals surface area contributed by atoms with Crippen LogP contribution in [-0.4, -0.2) is 30.6 Å². The van der Waals surface area contributed by atoms with Crippen molar-refractivity contribution in [2.24, 2.45) is 0 Å². The number of nitrogen functional groups attached to an aromatic ring is 1. The third kappa shape index (κ3) is 3.91. The van der Waals surface area contributed by atoms with Crippen molar-refractivity contribution in [3.63, 3.8) is 0 Å². The molecule has 0 atom stereocenters. The Balaban J connectivity index is 2.65. The highest BCUT2D eigenvalue weighted by Crippen LogP contribution is 2.18. The van der Waals surface area contributed by atoms with Crippen LogP contribution < -0.4 is 10.6 Å². The first-order valence-electron chi connectivity index (χ1n) is 6.21. The highest BCUT2D eigenvalue weighted by molar-refractivity contribution is 5.70. The summed E-state index contributed by atoms with van der Waals surface area (Å²) >= 11 is 0. The van der Waals surface area contributed by atoms with E-state index in [1.165, 1.54) is 0 Å². The molecule has 0 saturated heterocycles. The predicted molar refractivity (Wildman–Crippen MR) is 72.5 cm³/mol. The topological polar surface area (TPSA) is 68.5 Å². The molecular formula is C13H21N3O2. The lowest BCUT2D eigenvalue weighted by Crippen LogP contribution is -2.26. The molecule has 0 amide bonds. The number of carbonyl (C=O) groups is 1. The van der Waals surface area contributed by atoms with Gasteiger partial charge in [-0.3, -0.25) is 4.79 Å². The second kappa shape index (κ2) is 6.83. The van der Waals surface area contributed by atoms with Crippen molar-refractivity contribution in [1.29, 1.82) is 0 Å². The molecule has 5 heteroatoms. The van der Waals surface area contributed by atoms with Crippen molar-refractivity contribution in [2.75, 3.05) is 30.3 Å². The van der Waals surface area contributed by atoms with Gasteiger partial charge < -0.3 is 15.4 Å². The van der Waals surface area contributed by atoms with E-state index in [4.69, 9.17) is 10.5 Å². The van der Waals surface area contributed by atoms with Crippen LogP contribution in [0.4, 0.5) is 11.5 Å². The first-order valence-corrected chi connectivity index (χ1v) is 6.21. The fourth-order valence-electron chi connectivity index (χ4n) is 1.67. The molecule has 0 aliphatic rings. The molecule has 0 fully saturated rings. The number of carbonyl (C=O) groups excluding carboxylic acids is 1. The van der Waals surface area contributed by atoms with Gasteiger partial charge in [-0.25, -0.2) is 4.98 Å². The highest BCUT2D eigenvalue weighted by Gasteiger charge is 2.09. The summed E-state index contributed by atoms with van der Waals surface area (Å²) < 4.78 is 4.91. The second-order valence-electron chi connectivity index (χ2n) is 4.03. The average Bonchev–Trinajstić information content (AvgIpc) is 2.34. The van der Waals surface area contributed by atoms with Gasteiger partial charge in [0, 0.05) is 13.1 Å². The summed E-state index contributed by atoms with van der Waals surface area (Å²) in [5, 5.41) is 0. The largest absolute Gasteiger partial charge is 0.466 e. The minimum Gasteiger partial charge on any atom is -0.466 e. The monoisotopic (exact) mass is 251 g/mol. The van der Waals surface area contributed by atoms with Crippen LogP contribution in [0.3, 0.4) is 0 Å². The van der Waals surface area contributed by atoms with E-state index in [0.717, 1.165) is 17.8 Å². The molecule has 0 aliphatic carbocycles. The van der Waals surface area contributed by atoms with Gasteiger partial charge in [0.05, 0.1) is 24.9 Å². The molecule has 1 rings (SSSR count). The number of pyridine rings is 1. The molecule has 0 aromatic carbocycles. The quantitative estimate of drug-likeness (QED) is 0.780. The molecule has 0 spiro atoms. The highest BCUT2D eigenvalue weighted by atomic mass is 16.5. The standard InChI is InChI=1S/C13H21N3O2/c1-4-16(7-6-12(17)18-5-2)11-8-10(3)13(14)15-9-11/h8-9H,4-7H2,1-3H3,(H2,14,15). The van der Waals surface area contributed by atoms with Gasteiger partial charge in [-0.05, 0) is 32.4 Å². The lowest BCUT2D eigenvalue weighted by Gasteiger charge is -2.22. The van der Waals surface area contributed by atoms with Crippen LogP contribution in [0.2, 0.25) is 0 Å². The lowest BCUT2D eigenvalue weighted by molar-refractivity contribution is -0.142. The third-order valence-corrected chi connectivity index (χ3v) is 2.74. The van der Waals surface area contributed by atoms with Gasteiger partial charge in [0.2, 0.25) is 0 Å². The summed E-state index contributed by atoms with van der Waals surface area (Å²) in [6, 6.07) is 1.98. The summed E-state index contributed by atoms with van der Waals surface area (Å²) in [4.78, 5) is 17.5. The van der Waals surface area contributed by atoms with Crippen LogP contribution in [0.25, 0.3) is 0 Å². The summed E-state index contributed by atoms with van der Waals surface area (Å²) in [5.41, 5.74) is 7.61. The Labute approximate surface area is 108 Å². The molecule has 0 bridgehead atoms. The zero-order valence-electron chi connectivity index (χ0n) is 11.3. The van der Waals surface area contributed by atoms with E-state index in [1.54, 1.807) is 6.20 Å². The Bertz CT molecular complexity index is 407. The van der Waals surface area contributed by atoms with E-state index in [1.807, 2.05) is 26.8 Å². The van der Waals surface area contributed by atoms with Gasteiger partial charge in [0.15, 0.2) is 0 Å². The van der Waals surface area contributed by atoms with E-state index >= 15 is 0 Å². The summed E-state index contributed by atoms with van der Waals surface area (Å²) in [6.45, 7) is 7.63. The summed E-state index contributed by atoms with van der Waals surface area (Å²) in [6.07, 6.45) is 2.11. The normalized spacial score (nSPS) is 10.2. The number of esters is 1. The number of aryl methyl sites for hydroxylation is 1. The minimum absolute atomic E-state index is 0.170. The smallest absolute Gasteiger partial charge is 0.307 e. The summed E-state index contributed by atoms with van der Waals surface area (Å²) in [5.74, 6) is 0.372. The number of rotatable bonds is 6. The number of nitrogens with zero attached hydrogens (tertiary/aromatic N) is 2. The van der Waals surface area contributed by atoms with Gasteiger partial charge in [0.25, 0.3) is 0 Å². The maximum Gasteiger partial charge on any atom is 0.307 e. The lowest BCUT2D eigenvalue weighted by atomic mass is 10.2. The molecule has 0 aliphatic heterocycles. The average molecular weight is 251 g/mol. The molecule has 1 aromatic heterocycles. The zero-order valence-corrected chi connectivity index (χ0v) is 11.3. The molecule has 0 radical (unpaired) electrons. The number of nitrogens with two attached hydrogens (primary N) is 1. The first kappa shape index (κ1) is 14.3. The van der Waals surface area contributed by atoms with Crippen molar-refractivity contribution < 1.29 is 9.53 Å². The molecule has 2 N–H and O–H groups in total. The predicted octanol–water partition coefficient (Wildman–Crippen LogP) is 1.75. The fourth-order valence-corrected chi connectivity index (χ4v) is 1.67. The Hall–Kier alpha value is -1.78. The van der Waals surface area contributed by atoms with E-state index < -0.39 is 0 Å². The molecule has 0 saturated carbocycles. The van der Waals surface area contributed by atoms with E-state index in [-0.39, 0.29) is 5.97 Å². The van der Waals surface area contributed by atoms with Crippen LogP contribution in [0.5, 0.6) is 0 Å². The fraction of sp³-hybridized carbons (Fsp3) is 0.538. The number of aromatic nitrogens is 1. The Morgan fingerprint density at radius 1 is 1.50 bits per heavy atom. The van der Waals surface area contributed by atoms with Crippen molar-refractivity contribution in [3.8, 4) is 0 Å². The first-order chi connectivity index (χ1) is 8.58. The van der Waals surface area contributed by atoms with E-state index in [2.05, 4.69) is 9.88 Å². The van der Waals surface area contributed by atoms with Gasteiger partial charge in [-0.2, -0.15) is 0 Å². The molecule has 100 valence electrons. The number of hydrogen-bond acceptors (Lipinski definition) is 5. The van der Waals surface area contributed by atoms with Gasteiger partial charge in [-0.1, -0.05) is 0 Å². The van der Waals surface area contributed by atoms with Crippen molar-refractivity contribution >= 4 is 17.5 Å². The molecule has 1 heterocycles. The minimum atomic E-state index is -0.170. The SMILES string of the molecule is CCOC(=O)CCN(CC)c1cnc(N)c(C)c1. The summed E-state index contributed by atoms with van der Waals surface area (Å²) in [7, 11) is 0. The maximum atomic E-state index is 11.3. The Kier molecular flexibility index (Phi) is 5.42. The van der Waals surface area contributed by atoms with E-state index in [9.17, 15) is 4.79 Å². The second-order valence-corrected chi connectivity index (χ2v) is 4.03. The maximum absolute atomic E-state index is 11.3. The van der Waals surface area contributed by atoms with Crippen LogP contribution in [0.1, 0.15) is 25.8 Å². The molecule has 5 nitrogen and oxygen atoms in total. The van der Waals surface area contributed by atoms with Gasteiger partial charge in [-0.15, -0.1) is 0 Å². The Morgan fingerprint density at radius 3 is 2.78 bits per heavy atom. The van der Waals surface area contributed by atoms with Crippen molar-refractivity contribution in [3.05, 3.63) is 17.8 Å². The molecule has 0 unspecified atom stereocenters. The van der Waals surface area contributed by atoms with Crippen LogP contribution >= 0.6 is 0 Å². The van der Waals surface area contributed by atoms with Crippen LogP contribution in [0, 0.1) is 6.92 Å². The number of anilines is 2. The number of hydrogen-bond donors (Lipinski definition) is 1. The van der Waals surface area contributed by atoms with Crippen molar-refractivity contribution in [2.45, 2.75) is 27.2 Å². The van der Waals surface area contributed by atoms with Gasteiger partial charge >= 0.3 is 5.97 Å². The third-order valence-electron chi connectivity index (χ3n) is 2.74. The van der Waals surface area contributed by atoms with Crippen molar-refractivity contribution in [1.82, 2.24) is 4.98 Å². The molecule has 18 heavy (non-hydrogen) atoms. The number of ether oxygens (including phenoxy) is 1.